The van der Waals surface area contributed by atoms with Crippen molar-refractivity contribution in [2.24, 2.45) is 0 Å². The van der Waals surface area contributed by atoms with E-state index in [1.165, 1.54) is 4.90 Å². The molecule has 0 saturated carbocycles. The van der Waals surface area contributed by atoms with E-state index in [0.29, 0.717) is 6.42 Å². The second-order valence-electron chi connectivity index (χ2n) is 3.81. The molecule has 0 aliphatic rings. The summed E-state index contributed by atoms with van der Waals surface area (Å²) < 4.78 is 36.8. The smallest absolute Gasteiger partial charge is 0.289 e. The van der Waals surface area contributed by atoms with Crippen LogP contribution in [0.2, 0.25) is 0 Å². The molecule has 88 valence electrons. The number of alkyl halides is 3. The minimum absolute atomic E-state index is 0.144. The van der Waals surface area contributed by atoms with Gasteiger partial charge < -0.3 is 0 Å². The highest BCUT2D eigenvalue weighted by atomic mass is 19.4. The predicted molar refractivity (Wildman–Crippen MR) is 52.2 cm³/mol. The molecule has 0 spiro atoms. The van der Waals surface area contributed by atoms with Gasteiger partial charge in [0.25, 0.3) is 0 Å². The predicted octanol–water partition coefficient (Wildman–Crippen LogP) is 2.95. The van der Waals surface area contributed by atoms with Gasteiger partial charge in [-0.15, -0.1) is 0 Å². The maximum Gasteiger partial charge on any atom is 0.401 e. The molecular formula is C10H17F3N2. The fourth-order valence-corrected chi connectivity index (χ4v) is 1.54. The standard InChI is InChI=1S/C10H17F3N2/c1-4-9(5-6-14)15(8(2)3)7-10(11,12)13/h8-9H,4-5,7H2,1-3H3. The zero-order valence-electron chi connectivity index (χ0n) is 9.30. The van der Waals surface area contributed by atoms with E-state index < -0.39 is 12.7 Å². The largest absolute Gasteiger partial charge is 0.401 e. The molecule has 1 atom stereocenters. The van der Waals surface area contributed by atoms with E-state index in [9.17, 15) is 13.2 Å². The number of halogens is 3. The number of hydrogen-bond acceptors (Lipinski definition) is 2. The Bertz CT molecular complexity index is 218. The quantitative estimate of drug-likeness (QED) is 0.715. The van der Waals surface area contributed by atoms with Crippen LogP contribution in [-0.2, 0) is 0 Å². The summed E-state index contributed by atoms with van der Waals surface area (Å²) in [5, 5.41) is 8.54. The van der Waals surface area contributed by atoms with E-state index in [1.54, 1.807) is 20.8 Å². The molecule has 0 aromatic heterocycles. The molecule has 1 unspecified atom stereocenters. The van der Waals surface area contributed by atoms with Crippen LogP contribution >= 0.6 is 0 Å². The van der Waals surface area contributed by atoms with Crippen molar-refractivity contribution in [2.45, 2.75) is 51.9 Å². The molecule has 0 aromatic carbocycles. The van der Waals surface area contributed by atoms with E-state index >= 15 is 0 Å². The number of nitriles is 1. The molecule has 0 aliphatic heterocycles. The molecule has 0 bridgehead atoms. The molecule has 15 heavy (non-hydrogen) atoms. The highest BCUT2D eigenvalue weighted by Crippen LogP contribution is 2.22. The van der Waals surface area contributed by atoms with E-state index in [2.05, 4.69) is 0 Å². The van der Waals surface area contributed by atoms with Crippen molar-refractivity contribution >= 4 is 0 Å². The highest BCUT2D eigenvalue weighted by Gasteiger charge is 2.34. The van der Waals surface area contributed by atoms with Gasteiger partial charge in [0.15, 0.2) is 0 Å². The van der Waals surface area contributed by atoms with Gasteiger partial charge in [0.05, 0.1) is 19.0 Å². The van der Waals surface area contributed by atoms with Gasteiger partial charge >= 0.3 is 6.18 Å². The van der Waals surface area contributed by atoms with Gasteiger partial charge in [0, 0.05) is 12.1 Å². The summed E-state index contributed by atoms with van der Waals surface area (Å²) in [6, 6.07) is 1.42. The van der Waals surface area contributed by atoms with Crippen LogP contribution in [0.1, 0.15) is 33.6 Å². The Morgan fingerprint density at radius 2 is 1.87 bits per heavy atom. The van der Waals surface area contributed by atoms with Crippen molar-refractivity contribution in [3.8, 4) is 6.07 Å². The van der Waals surface area contributed by atoms with Gasteiger partial charge in [0.1, 0.15) is 0 Å². The molecule has 0 heterocycles. The van der Waals surface area contributed by atoms with E-state index in [-0.39, 0.29) is 18.5 Å². The van der Waals surface area contributed by atoms with Crippen LogP contribution < -0.4 is 0 Å². The summed E-state index contributed by atoms with van der Waals surface area (Å²) in [4.78, 5) is 1.34. The third kappa shape index (κ3) is 5.63. The Hall–Kier alpha value is -0.760. The molecule has 5 heteroatoms. The molecule has 2 nitrogen and oxygen atoms in total. The van der Waals surface area contributed by atoms with Crippen LogP contribution in [0, 0.1) is 11.3 Å². The van der Waals surface area contributed by atoms with Crippen LogP contribution in [0.15, 0.2) is 0 Å². The molecule has 0 N–H and O–H groups in total. The summed E-state index contributed by atoms with van der Waals surface area (Å²) in [6.07, 6.45) is -3.50. The Kier molecular flexibility index (Phi) is 5.66. The Morgan fingerprint density at radius 3 is 2.13 bits per heavy atom. The second kappa shape index (κ2) is 5.96. The topological polar surface area (TPSA) is 27.0 Å². The van der Waals surface area contributed by atoms with Crippen LogP contribution in [0.4, 0.5) is 13.2 Å². The molecule has 0 saturated heterocycles. The molecule has 0 aromatic rings. The first-order valence-corrected chi connectivity index (χ1v) is 5.01. The van der Waals surface area contributed by atoms with Crippen molar-refractivity contribution in [2.75, 3.05) is 6.54 Å². The van der Waals surface area contributed by atoms with Crippen LogP contribution in [0.25, 0.3) is 0 Å². The Labute approximate surface area is 88.7 Å². The zero-order chi connectivity index (χ0) is 12.1. The second-order valence-corrected chi connectivity index (χ2v) is 3.81. The number of nitrogens with zero attached hydrogens (tertiary/aromatic N) is 2. The average Bonchev–Trinajstić information content (AvgIpc) is 2.09. The van der Waals surface area contributed by atoms with E-state index in [0.717, 1.165) is 0 Å². The lowest BCUT2D eigenvalue weighted by Gasteiger charge is -2.33. The van der Waals surface area contributed by atoms with Crippen molar-refractivity contribution in [1.82, 2.24) is 4.90 Å². The maximum absolute atomic E-state index is 12.3. The fraction of sp³-hybridized carbons (Fsp3) is 0.900. The molecule has 0 fully saturated rings. The third-order valence-electron chi connectivity index (χ3n) is 2.29. The summed E-state index contributed by atoms with van der Waals surface area (Å²) in [7, 11) is 0. The van der Waals surface area contributed by atoms with Crippen LogP contribution in [-0.4, -0.2) is 29.7 Å². The zero-order valence-corrected chi connectivity index (χ0v) is 9.30. The van der Waals surface area contributed by atoms with Crippen molar-refractivity contribution < 1.29 is 13.2 Å². The number of hydrogen-bond donors (Lipinski definition) is 0. The average molecular weight is 222 g/mol. The van der Waals surface area contributed by atoms with Gasteiger partial charge in [-0.3, -0.25) is 4.90 Å². The van der Waals surface area contributed by atoms with Crippen LogP contribution in [0.3, 0.4) is 0 Å². The van der Waals surface area contributed by atoms with Crippen molar-refractivity contribution in [3.63, 3.8) is 0 Å². The molecular weight excluding hydrogens is 205 g/mol. The van der Waals surface area contributed by atoms with E-state index in [1.807, 2.05) is 6.07 Å². The van der Waals surface area contributed by atoms with Crippen molar-refractivity contribution in [1.29, 1.82) is 5.26 Å². The SMILES string of the molecule is CCC(CC#N)N(CC(F)(F)F)C(C)C. The van der Waals surface area contributed by atoms with Gasteiger partial charge in [-0.05, 0) is 20.3 Å². The van der Waals surface area contributed by atoms with Crippen LogP contribution in [0.5, 0.6) is 0 Å². The first-order valence-electron chi connectivity index (χ1n) is 5.01. The lowest BCUT2D eigenvalue weighted by Crippen LogP contribution is -2.45. The molecule has 0 rings (SSSR count). The molecule has 0 amide bonds. The highest BCUT2D eigenvalue weighted by molar-refractivity contribution is 4.84. The van der Waals surface area contributed by atoms with Gasteiger partial charge in [0.2, 0.25) is 0 Å². The lowest BCUT2D eigenvalue weighted by molar-refractivity contribution is -0.155. The Balaban J connectivity index is 4.57. The third-order valence-corrected chi connectivity index (χ3v) is 2.29. The first-order chi connectivity index (χ1) is 6.81. The van der Waals surface area contributed by atoms with E-state index in [4.69, 9.17) is 5.26 Å². The lowest BCUT2D eigenvalue weighted by atomic mass is 10.1. The molecule has 0 aliphatic carbocycles. The minimum Gasteiger partial charge on any atom is -0.289 e. The normalized spacial score (nSPS) is 14.3. The summed E-state index contributed by atoms with van der Waals surface area (Å²) in [6.45, 7) is 4.29. The van der Waals surface area contributed by atoms with Gasteiger partial charge in [-0.25, -0.2) is 0 Å². The molecule has 0 radical (unpaired) electrons. The summed E-state index contributed by atoms with van der Waals surface area (Å²) >= 11 is 0. The first kappa shape index (κ1) is 14.2. The summed E-state index contributed by atoms with van der Waals surface area (Å²) in [5.41, 5.74) is 0. The minimum atomic E-state index is -4.20. The Morgan fingerprint density at radius 1 is 1.33 bits per heavy atom. The summed E-state index contributed by atoms with van der Waals surface area (Å²) in [5.74, 6) is 0. The maximum atomic E-state index is 12.3. The fourth-order valence-electron chi connectivity index (χ4n) is 1.54. The van der Waals surface area contributed by atoms with Gasteiger partial charge in [-0.2, -0.15) is 18.4 Å². The monoisotopic (exact) mass is 222 g/mol. The van der Waals surface area contributed by atoms with Gasteiger partial charge in [-0.1, -0.05) is 6.92 Å². The van der Waals surface area contributed by atoms with Crippen molar-refractivity contribution in [3.05, 3.63) is 0 Å². The number of rotatable bonds is 5.